The van der Waals surface area contributed by atoms with Crippen LogP contribution in [0.5, 0.6) is 11.5 Å². The van der Waals surface area contributed by atoms with E-state index in [1.54, 1.807) is 43.5 Å². The lowest BCUT2D eigenvalue weighted by Crippen LogP contribution is -2.12. The summed E-state index contributed by atoms with van der Waals surface area (Å²) in [5.41, 5.74) is 26.0. The van der Waals surface area contributed by atoms with Gasteiger partial charge in [-0.1, -0.05) is 496 Å². The van der Waals surface area contributed by atoms with Crippen LogP contribution in [0.3, 0.4) is 0 Å². The average molecular weight is 1970 g/mol. The summed E-state index contributed by atoms with van der Waals surface area (Å²) in [7, 11) is 1.70. The summed E-state index contributed by atoms with van der Waals surface area (Å²) in [6, 6.07) is 184. The summed E-state index contributed by atoms with van der Waals surface area (Å²) < 4.78 is 5.35. The van der Waals surface area contributed by atoms with Crippen molar-refractivity contribution < 1.29 is 14.8 Å². The van der Waals surface area contributed by atoms with Gasteiger partial charge in [0.1, 0.15) is 11.5 Å². The molecule has 3 aliphatic rings. The quantitative estimate of drug-likeness (QED) is 0.0786. The van der Waals surface area contributed by atoms with Crippen molar-refractivity contribution in [1.29, 1.82) is 0 Å². The molecule has 1 N–H and O–H groups in total. The minimum absolute atomic E-state index is 0.0267. The van der Waals surface area contributed by atoms with E-state index < -0.39 is 0 Å². The zero-order valence-electron chi connectivity index (χ0n) is 81.6. The zero-order valence-corrected chi connectivity index (χ0v) is 84.0. The van der Waals surface area contributed by atoms with E-state index in [1.807, 2.05) is 59.6 Å². The Kier molecular flexibility index (Phi) is 22.3. The molecule has 5 nitrogen and oxygen atoms in total. The SMILES string of the molecule is COc1ccc(-c2ccc(-c3ccc(C4c5c(c6ccccc6c6ccccc56)Sc5c4c4ccccc4c4ccccc54)cc3)cc2)cc1.O=[N+]([O-])c1ccc(-c2ccc(-c3ccc(C4c5c(c6ccccc6c6ccccc56)Sc5c4c4ccccc4c4ccccc54)cc3)cc2)cc1.Oc1ccc(-c2ccc(-c3ccc(C4c5c(c6ccccc6c6ccccc56)Sc5c4c4ccccc4c4ccccc54)cc3)cc2)cc1. The lowest BCUT2D eigenvalue weighted by Gasteiger charge is -2.33. The summed E-state index contributed by atoms with van der Waals surface area (Å²) >= 11 is 5.86. The number of benzene rings is 27. The van der Waals surface area contributed by atoms with E-state index in [-0.39, 0.29) is 34.1 Å². The molecule has 0 bridgehead atoms. The van der Waals surface area contributed by atoms with E-state index in [0.29, 0.717) is 0 Å². The molecular formula is C142H91NO4S3. The smallest absolute Gasteiger partial charge is 0.269 e. The normalized spacial score (nSPS) is 12.8. The molecular weight excluding hydrogens is 1880 g/mol. The Morgan fingerprint density at radius 1 is 0.187 bits per heavy atom. The number of phenols is 1. The van der Waals surface area contributed by atoms with Crippen molar-refractivity contribution in [3.63, 3.8) is 0 Å². The van der Waals surface area contributed by atoms with Gasteiger partial charge in [0.15, 0.2) is 0 Å². The van der Waals surface area contributed by atoms with E-state index in [2.05, 4.69) is 449 Å². The highest BCUT2D eigenvalue weighted by Crippen LogP contribution is 2.63. The second-order valence-corrected chi connectivity index (χ2v) is 42.3. The number of rotatable bonds is 11. The molecule has 0 spiro atoms. The fourth-order valence-electron chi connectivity index (χ4n) is 24.3. The molecule has 0 radical (unpaired) electrons. The molecule has 150 heavy (non-hydrogen) atoms. The minimum atomic E-state index is -0.366. The fraction of sp³-hybridized carbons (Fsp3) is 0.0282. The summed E-state index contributed by atoms with van der Waals surface area (Å²) in [5.74, 6) is 1.30. The van der Waals surface area contributed by atoms with Gasteiger partial charge in [-0.05, 0) is 283 Å². The number of hydrogen-bond donors (Lipinski definition) is 1. The lowest BCUT2D eigenvalue weighted by atomic mass is 9.78. The first-order chi connectivity index (χ1) is 74.1. The predicted molar refractivity (Wildman–Crippen MR) is 631 cm³/mol. The van der Waals surface area contributed by atoms with Crippen molar-refractivity contribution in [3.8, 4) is 78.3 Å². The number of hydrogen-bond acceptors (Lipinski definition) is 7. The number of nitro benzene ring substituents is 1. The van der Waals surface area contributed by atoms with Gasteiger partial charge in [0, 0.05) is 59.3 Å². The van der Waals surface area contributed by atoms with E-state index in [4.69, 9.17) is 4.74 Å². The third kappa shape index (κ3) is 15.2. The molecule has 3 heterocycles. The molecule has 27 aromatic rings. The molecule has 30 rings (SSSR count). The third-order valence-electron chi connectivity index (χ3n) is 31.3. The lowest BCUT2D eigenvalue weighted by molar-refractivity contribution is -0.384. The van der Waals surface area contributed by atoms with Crippen molar-refractivity contribution >= 4 is 170 Å². The van der Waals surface area contributed by atoms with Crippen molar-refractivity contribution in [2.24, 2.45) is 0 Å². The summed E-state index contributed by atoms with van der Waals surface area (Å²) in [6.07, 6.45) is 0. The largest absolute Gasteiger partial charge is 0.508 e. The van der Waals surface area contributed by atoms with Crippen molar-refractivity contribution in [2.75, 3.05) is 7.11 Å². The molecule has 0 fully saturated rings. The maximum absolute atomic E-state index is 11.1. The van der Waals surface area contributed by atoms with Gasteiger partial charge in [0.25, 0.3) is 5.69 Å². The van der Waals surface area contributed by atoms with Gasteiger partial charge in [-0.15, -0.1) is 0 Å². The van der Waals surface area contributed by atoms with Crippen LogP contribution in [0.15, 0.2) is 539 Å². The molecule has 0 amide bonds. The number of phenolic OH excluding ortho intramolecular Hbond substituents is 1. The maximum atomic E-state index is 11.1. The minimum Gasteiger partial charge on any atom is -0.508 e. The number of non-ortho nitro benzene ring substituents is 1. The summed E-state index contributed by atoms with van der Waals surface area (Å²) in [5, 5.41) is 52.3. The Morgan fingerprint density at radius 3 is 0.500 bits per heavy atom. The fourth-order valence-corrected chi connectivity index (χ4v) is 28.7. The van der Waals surface area contributed by atoms with Gasteiger partial charge >= 0.3 is 0 Å². The van der Waals surface area contributed by atoms with Gasteiger partial charge in [-0.3, -0.25) is 10.1 Å². The molecule has 0 atom stereocenters. The first-order valence-electron chi connectivity index (χ1n) is 51.1. The topological polar surface area (TPSA) is 72.6 Å². The molecule has 706 valence electrons. The number of fused-ring (bicyclic) bond motifs is 36. The second-order valence-electron chi connectivity index (χ2n) is 39.3. The third-order valence-corrected chi connectivity index (χ3v) is 35.2. The highest BCUT2D eigenvalue weighted by Gasteiger charge is 2.39. The number of nitrogens with zero attached hydrogens (tertiary/aromatic N) is 1. The highest BCUT2D eigenvalue weighted by molar-refractivity contribution is 8.00. The van der Waals surface area contributed by atoms with E-state index in [1.165, 1.54) is 242 Å². The van der Waals surface area contributed by atoms with Gasteiger partial charge in [0.05, 0.1) is 12.0 Å². The van der Waals surface area contributed by atoms with Crippen LogP contribution >= 0.6 is 35.3 Å². The molecule has 0 saturated heterocycles. The molecule has 3 aliphatic heterocycles. The van der Waals surface area contributed by atoms with Crippen LogP contribution in [0.4, 0.5) is 5.69 Å². The molecule has 0 saturated carbocycles. The molecule has 0 aromatic heterocycles. The van der Waals surface area contributed by atoms with Crippen LogP contribution in [-0.2, 0) is 0 Å². The highest BCUT2D eigenvalue weighted by atomic mass is 32.2. The first kappa shape index (κ1) is 89.7. The second kappa shape index (κ2) is 37.2. The van der Waals surface area contributed by atoms with E-state index in [9.17, 15) is 15.2 Å². The van der Waals surface area contributed by atoms with Crippen molar-refractivity contribution in [3.05, 3.63) is 570 Å². The van der Waals surface area contributed by atoms with Crippen LogP contribution in [0.2, 0.25) is 0 Å². The van der Waals surface area contributed by atoms with Crippen LogP contribution < -0.4 is 4.74 Å². The van der Waals surface area contributed by atoms with Crippen LogP contribution in [0.1, 0.15) is 67.8 Å². The molecule has 27 aromatic carbocycles. The molecule has 8 heteroatoms. The van der Waals surface area contributed by atoms with E-state index >= 15 is 0 Å². The number of nitro groups is 1. The van der Waals surface area contributed by atoms with Crippen molar-refractivity contribution in [1.82, 2.24) is 0 Å². The number of methoxy groups -OCH3 is 1. The predicted octanol–water partition coefficient (Wildman–Crippen LogP) is 39.5. The molecule has 0 unspecified atom stereocenters. The standard InChI is InChI=1S/C48H32OS.C47H29NO2S.C47H30OS/c1-49-35-28-26-33(27-29-35)31-20-18-30(19-21-31)32-22-24-34(25-23-32)44-45-40-14-6-2-10-36(40)38-12-4-8-16-42(38)47(45)50-48-43-17-9-5-13-39(43)37-11-3-7-15-41(37)46(44)48;49-48(50)34-27-25-32(26-28-34)30-19-17-29(18-20-30)31-21-23-33(24-22-31)43-44-39-13-5-1-9-35(39)37-11-3-7-15-41(37)46(44)51-47-42-16-8-4-12-38(42)36-10-2-6-14-40(36)45(43)47;48-34-27-25-32(26-28-34)30-19-17-29(18-20-30)31-21-23-33(24-22-31)43-44-39-13-5-1-9-35(39)37-11-3-7-15-41(37)46(44)49-47-42-16-8-4-12-38(42)36-10-2-6-14-40(36)45(43)47/h2-29,44H,1H3;1-28,43H;1-28,43,48H. The zero-order chi connectivity index (χ0) is 99.7. The Balaban J connectivity index is 0.000000108. The Hall–Kier alpha value is -17.9. The van der Waals surface area contributed by atoms with Gasteiger partial charge in [-0.2, -0.15) is 0 Å². The van der Waals surface area contributed by atoms with Gasteiger partial charge < -0.3 is 9.84 Å². The first-order valence-corrected chi connectivity index (χ1v) is 53.5. The maximum Gasteiger partial charge on any atom is 0.269 e. The van der Waals surface area contributed by atoms with E-state index in [0.717, 1.165) is 39.1 Å². The van der Waals surface area contributed by atoms with Crippen LogP contribution in [0, 0.1) is 10.1 Å². The number of ether oxygens (including phenoxy) is 1. The Labute approximate surface area is 880 Å². The number of aromatic hydroxyl groups is 1. The van der Waals surface area contributed by atoms with Crippen LogP contribution in [-0.4, -0.2) is 17.1 Å². The summed E-state index contributed by atoms with van der Waals surface area (Å²) in [6.45, 7) is 0. The molecule has 0 aliphatic carbocycles. The summed E-state index contributed by atoms with van der Waals surface area (Å²) in [4.78, 5) is 18.9. The average Bonchev–Trinajstić information content (AvgIpc) is 0.705. The Morgan fingerprint density at radius 2 is 0.327 bits per heavy atom. The Bertz CT molecular complexity index is 9790. The van der Waals surface area contributed by atoms with Gasteiger partial charge in [0.2, 0.25) is 0 Å². The van der Waals surface area contributed by atoms with Gasteiger partial charge in [-0.25, -0.2) is 0 Å². The monoisotopic (exact) mass is 1970 g/mol. The van der Waals surface area contributed by atoms with Crippen LogP contribution in [0.25, 0.3) is 196 Å². The van der Waals surface area contributed by atoms with Crippen molar-refractivity contribution in [2.45, 2.75) is 47.1 Å².